The molecule has 0 saturated carbocycles. The van der Waals surface area contributed by atoms with Crippen LogP contribution in [-0.2, 0) is 11.2 Å². The molecule has 1 saturated heterocycles. The van der Waals surface area contributed by atoms with Gasteiger partial charge in [-0.2, -0.15) is 0 Å². The molecule has 0 bridgehead atoms. The van der Waals surface area contributed by atoms with Crippen LogP contribution in [0.1, 0.15) is 36.6 Å². The molecule has 0 aliphatic carbocycles. The minimum atomic E-state index is 0.125. The monoisotopic (exact) mass is 226 g/mol. The van der Waals surface area contributed by atoms with Gasteiger partial charge in [0.25, 0.3) is 0 Å². The van der Waals surface area contributed by atoms with Crippen molar-refractivity contribution in [3.05, 3.63) is 16.1 Å². The standard InChI is InChI=1S/C11H18N2OS/c1-8(14-2)11-13-10(7-15-11)6-9-4-3-5-12-9/h7-9,12H,3-6H2,1-2H3. The van der Waals surface area contributed by atoms with Crippen LogP contribution in [0.3, 0.4) is 0 Å². The fourth-order valence-corrected chi connectivity index (χ4v) is 2.75. The molecule has 0 radical (unpaired) electrons. The second kappa shape index (κ2) is 5.05. The van der Waals surface area contributed by atoms with E-state index in [-0.39, 0.29) is 6.10 Å². The molecule has 2 rings (SSSR count). The van der Waals surface area contributed by atoms with Crippen LogP contribution in [0.25, 0.3) is 0 Å². The molecule has 1 fully saturated rings. The molecular formula is C11H18N2OS. The highest BCUT2D eigenvalue weighted by atomic mass is 32.1. The Kier molecular flexibility index (Phi) is 3.72. The van der Waals surface area contributed by atoms with E-state index in [0.717, 1.165) is 18.0 Å². The van der Waals surface area contributed by atoms with Gasteiger partial charge in [-0.1, -0.05) is 0 Å². The van der Waals surface area contributed by atoms with E-state index in [1.54, 1.807) is 18.4 Å². The van der Waals surface area contributed by atoms with E-state index in [4.69, 9.17) is 4.74 Å². The van der Waals surface area contributed by atoms with Crippen molar-refractivity contribution >= 4 is 11.3 Å². The number of nitrogens with one attached hydrogen (secondary N) is 1. The van der Waals surface area contributed by atoms with Crippen molar-refractivity contribution in [2.75, 3.05) is 13.7 Å². The largest absolute Gasteiger partial charge is 0.375 e. The summed E-state index contributed by atoms with van der Waals surface area (Å²) in [6, 6.07) is 0.637. The summed E-state index contributed by atoms with van der Waals surface area (Å²) in [7, 11) is 1.73. The van der Waals surface area contributed by atoms with Gasteiger partial charge in [-0.25, -0.2) is 4.98 Å². The lowest BCUT2D eigenvalue weighted by Gasteiger charge is -2.07. The summed E-state index contributed by atoms with van der Waals surface area (Å²) >= 11 is 1.70. The zero-order valence-corrected chi connectivity index (χ0v) is 10.1. The van der Waals surface area contributed by atoms with Crippen LogP contribution in [0, 0.1) is 0 Å². The summed E-state index contributed by atoms with van der Waals surface area (Å²) in [5.41, 5.74) is 1.21. The van der Waals surface area contributed by atoms with E-state index in [9.17, 15) is 0 Å². The fraction of sp³-hybridized carbons (Fsp3) is 0.727. The Bertz CT molecular complexity index is 307. The van der Waals surface area contributed by atoms with Gasteiger partial charge in [0.2, 0.25) is 0 Å². The number of nitrogens with zero attached hydrogens (tertiary/aromatic N) is 1. The second-order valence-corrected chi connectivity index (χ2v) is 4.94. The molecule has 84 valence electrons. The first kappa shape index (κ1) is 11.0. The molecule has 4 heteroatoms. The van der Waals surface area contributed by atoms with Gasteiger partial charge in [0.05, 0.1) is 5.69 Å². The van der Waals surface area contributed by atoms with E-state index < -0.39 is 0 Å². The molecule has 1 aromatic heterocycles. The number of rotatable bonds is 4. The van der Waals surface area contributed by atoms with Crippen molar-refractivity contribution < 1.29 is 4.74 Å². The van der Waals surface area contributed by atoms with Gasteiger partial charge in [-0.05, 0) is 26.3 Å². The third-order valence-electron chi connectivity index (χ3n) is 2.89. The van der Waals surface area contributed by atoms with Gasteiger partial charge in [0, 0.05) is 25.0 Å². The predicted octanol–water partition coefficient (Wildman–Crippen LogP) is 2.15. The lowest BCUT2D eigenvalue weighted by atomic mass is 10.1. The van der Waals surface area contributed by atoms with Gasteiger partial charge >= 0.3 is 0 Å². The Hall–Kier alpha value is -0.450. The molecule has 15 heavy (non-hydrogen) atoms. The third-order valence-corrected chi connectivity index (χ3v) is 3.94. The minimum Gasteiger partial charge on any atom is -0.375 e. The van der Waals surface area contributed by atoms with Crippen LogP contribution in [-0.4, -0.2) is 24.7 Å². The van der Waals surface area contributed by atoms with Crippen molar-refractivity contribution in [2.24, 2.45) is 0 Å². The zero-order valence-electron chi connectivity index (χ0n) is 9.32. The Balaban J connectivity index is 1.94. The van der Waals surface area contributed by atoms with Crippen LogP contribution < -0.4 is 5.32 Å². The van der Waals surface area contributed by atoms with Gasteiger partial charge < -0.3 is 10.1 Å². The number of hydrogen-bond donors (Lipinski definition) is 1. The summed E-state index contributed by atoms with van der Waals surface area (Å²) in [5, 5.41) is 6.74. The summed E-state index contributed by atoms with van der Waals surface area (Å²) < 4.78 is 5.25. The van der Waals surface area contributed by atoms with E-state index in [1.807, 2.05) is 6.92 Å². The molecule has 0 aromatic carbocycles. The average Bonchev–Trinajstić information content (AvgIpc) is 2.88. The first-order chi connectivity index (χ1) is 7.29. The van der Waals surface area contributed by atoms with Crippen molar-refractivity contribution in [1.82, 2.24) is 10.3 Å². The van der Waals surface area contributed by atoms with E-state index in [0.29, 0.717) is 6.04 Å². The molecule has 2 atom stereocenters. The van der Waals surface area contributed by atoms with Gasteiger partial charge in [0.1, 0.15) is 11.1 Å². The van der Waals surface area contributed by atoms with Gasteiger partial charge in [-0.3, -0.25) is 0 Å². The number of thiazole rings is 1. The molecular weight excluding hydrogens is 208 g/mol. The zero-order chi connectivity index (χ0) is 10.7. The predicted molar refractivity (Wildman–Crippen MR) is 62.3 cm³/mol. The summed E-state index contributed by atoms with van der Waals surface area (Å²) in [4.78, 5) is 4.60. The maximum Gasteiger partial charge on any atom is 0.121 e. The molecule has 1 aliphatic rings. The highest BCUT2D eigenvalue weighted by molar-refractivity contribution is 7.09. The maximum absolute atomic E-state index is 5.25. The average molecular weight is 226 g/mol. The second-order valence-electron chi connectivity index (χ2n) is 4.05. The molecule has 0 spiro atoms. The molecule has 0 amide bonds. The van der Waals surface area contributed by atoms with Crippen LogP contribution in [0.4, 0.5) is 0 Å². The van der Waals surface area contributed by atoms with Gasteiger partial charge in [-0.15, -0.1) is 11.3 Å². The van der Waals surface area contributed by atoms with Crippen molar-refractivity contribution in [2.45, 2.75) is 38.3 Å². The molecule has 1 aromatic rings. The maximum atomic E-state index is 5.25. The SMILES string of the molecule is COC(C)c1nc(CC2CCCN2)cs1. The van der Waals surface area contributed by atoms with E-state index >= 15 is 0 Å². The topological polar surface area (TPSA) is 34.1 Å². The number of aromatic nitrogens is 1. The highest BCUT2D eigenvalue weighted by Gasteiger charge is 2.17. The normalized spacial score (nSPS) is 23.2. The van der Waals surface area contributed by atoms with Crippen molar-refractivity contribution in [1.29, 1.82) is 0 Å². The molecule has 2 heterocycles. The lowest BCUT2D eigenvalue weighted by molar-refractivity contribution is 0.119. The van der Waals surface area contributed by atoms with Crippen LogP contribution in [0.5, 0.6) is 0 Å². The summed E-state index contributed by atoms with van der Waals surface area (Å²) in [6.45, 7) is 3.20. The molecule has 1 N–H and O–H groups in total. The molecule has 1 aliphatic heterocycles. The summed E-state index contributed by atoms with van der Waals surface area (Å²) in [5.74, 6) is 0. The Morgan fingerprint density at radius 2 is 2.60 bits per heavy atom. The fourth-order valence-electron chi connectivity index (χ4n) is 1.89. The molecule has 3 nitrogen and oxygen atoms in total. The Morgan fingerprint density at radius 1 is 1.73 bits per heavy atom. The van der Waals surface area contributed by atoms with E-state index in [1.165, 1.54) is 18.5 Å². The highest BCUT2D eigenvalue weighted by Crippen LogP contribution is 2.22. The molecule has 2 unspecified atom stereocenters. The van der Waals surface area contributed by atoms with Crippen molar-refractivity contribution in [3.63, 3.8) is 0 Å². The first-order valence-electron chi connectivity index (χ1n) is 5.50. The Labute approximate surface area is 94.9 Å². The third kappa shape index (κ3) is 2.77. The van der Waals surface area contributed by atoms with E-state index in [2.05, 4.69) is 15.7 Å². The van der Waals surface area contributed by atoms with Crippen LogP contribution >= 0.6 is 11.3 Å². The van der Waals surface area contributed by atoms with Gasteiger partial charge in [0.15, 0.2) is 0 Å². The number of hydrogen-bond acceptors (Lipinski definition) is 4. The Morgan fingerprint density at radius 3 is 3.27 bits per heavy atom. The quantitative estimate of drug-likeness (QED) is 0.854. The first-order valence-corrected chi connectivity index (χ1v) is 6.38. The number of ether oxygens (including phenoxy) is 1. The van der Waals surface area contributed by atoms with Crippen LogP contribution in [0.15, 0.2) is 5.38 Å². The van der Waals surface area contributed by atoms with Crippen LogP contribution in [0.2, 0.25) is 0 Å². The summed E-state index contributed by atoms with van der Waals surface area (Å²) in [6.07, 6.45) is 3.77. The smallest absolute Gasteiger partial charge is 0.121 e. The minimum absolute atomic E-state index is 0.125. The van der Waals surface area contributed by atoms with Crippen molar-refractivity contribution in [3.8, 4) is 0 Å². The lowest BCUT2D eigenvalue weighted by Crippen LogP contribution is -2.23. The number of methoxy groups -OCH3 is 1.